The first-order chi connectivity index (χ1) is 11.8. The summed E-state index contributed by atoms with van der Waals surface area (Å²) in [6, 6.07) is 3.42. The largest absolute Gasteiger partial charge is 0.357 e. The number of aliphatic imine (C=N–C) groups is 1. The van der Waals surface area contributed by atoms with E-state index >= 15 is 0 Å². The Morgan fingerprint density at radius 3 is 2.44 bits per heavy atom. The number of hydrogen-bond acceptors (Lipinski definition) is 2. The molecule has 0 fully saturated rings. The molecule has 0 bridgehead atoms. The van der Waals surface area contributed by atoms with Gasteiger partial charge in [0.15, 0.2) is 5.96 Å². The Kier molecular flexibility index (Phi) is 8.31. The zero-order valence-corrected chi connectivity index (χ0v) is 15.4. The third kappa shape index (κ3) is 7.07. The third-order valence-corrected chi connectivity index (χ3v) is 3.62. The maximum atomic E-state index is 13.6. The van der Waals surface area contributed by atoms with E-state index in [1.54, 1.807) is 0 Å². The van der Waals surface area contributed by atoms with E-state index in [4.69, 9.17) is 0 Å². The van der Waals surface area contributed by atoms with E-state index in [2.05, 4.69) is 20.9 Å². The van der Waals surface area contributed by atoms with Crippen LogP contribution in [-0.2, 0) is 11.2 Å². The van der Waals surface area contributed by atoms with Crippen LogP contribution < -0.4 is 16.0 Å². The molecular formula is C18H28F2N4O. The Morgan fingerprint density at radius 2 is 1.80 bits per heavy atom. The predicted octanol–water partition coefficient (Wildman–Crippen LogP) is 2.22. The number of hydrogen-bond donors (Lipinski definition) is 3. The van der Waals surface area contributed by atoms with Crippen LogP contribution in [-0.4, -0.2) is 38.0 Å². The zero-order chi connectivity index (χ0) is 18.9. The lowest BCUT2D eigenvalue weighted by Gasteiger charge is -2.22. The summed E-state index contributed by atoms with van der Waals surface area (Å²) < 4.78 is 26.8. The van der Waals surface area contributed by atoms with Gasteiger partial charge in [-0.1, -0.05) is 0 Å². The highest BCUT2D eigenvalue weighted by molar-refractivity contribution is 5.83. The number of guanidine groups is 1. The Balaban J connectivity index is 2.64. The highest BCUT2D eigenvalue weighted by Gasteiger charge is 2.26. The van der Waals surface area contributed by atoms with Gasteiger partial charge in [-0.3, -0.25) is 9.79 Å². The van der Waals surface area contributed by atoms with E-state index in [-0.39, 0.29) is 5.91 Å². The lowest BCUT2D eigenvalue weighted by Crippen LogP contribution is -2.42. The number of nitrogens with one attached hydrogen (secondary N) is 3. The standard InChI is InChI=1S/C18H28F2N4O/c1-5-21-16(25)18(3,4)12-24-17(22-6-2)23-10-9-13-11-14(19)7-8-15(13)20/h7-8,11H,5-6,9-10,12H2,1-4H3,(H,21,25)(H2,22,23,24). The molecule has 0 aliphatic rings. The average molecular weight is 354 g/mol. The van der Waals surface area contributed by atoms with Crippen LogP contribution in [0.1, 0.15) is 33.3 Å². The van der Waals surface area contributed by atoms with Gasteiger partial charge in [-0.15, -0.1) is 0 Å². The van der Waals surface area contributed by atoms with Crippen molar-refractivity contribution in [3.05, 3.63) is 35.4 Å². The van der Waals surface area contributed by atoms with Gasteiger partial charge in [0, 0.05) is 19.6 Å². The summed E-state index contributed by atoms with van der Waals surface area (Å²) in [6.45, 7) is 9.38. The van der Waals surface area contributed by atoms with E-state index in [9.17, 15) is 13.6 Å². The summed E-state index contributed by atoms with van der Waals surface area (Å²) in [5.41, 5.74) is -0.321. The van der Waals surface area contributed by atoms with Gasteiger partial charge in [-0.05, 0) is 57.9 Å². The quantitative estimate of drug-likeness (QED) is 0.495. The van der Waals surface area contributed by atoms with Crippen molar-refractivity contribution >= 4 is 11.9 Å². The molecule has 0 atom stereocenters. The third-order valence-electron chi connectivity index (χ3n) is 3.62. The van der Waals surface area contributed by atoms with Gasteiger partial charge in [0.1, 0.15) is 11.6 Å². The summed E-state index contributed by atoms with van der Waals surface area (Å²) >= 11 is 0. The van der Waals surface area contributed by atoms with E-state index in [1.165, 1.54) is 6.07 Å². The Morgan fingerprint density at radius 1 is 1.12 bits per heavy atom. The van der Waals surface area contributed by atoms with Gasteiger partial charge >= 0.3 is 0 Å². The fraction of sp³-hybridized carbons (Fsp3) is 0.556. The number of nitrogens with zero attached hydrogens (tertiary/aromatic N) is 1. The minimum atomic E-state index is -0.632. The van der Waals surface area contributed by atoms with Gasteiger partial charge in [0.05, 0.1) is 12.0 Å². The van der Waals surface area contributed by atoms with Crippen molar-refractivity contribution in [1.82, 2.24) is 16.0 Å². The number of carbonyl (C=O) groups excluding carboxylic acids is 1. The number of amides is 1. The van der Waals surface area contributed by atoms with E-state index < -0.39 is 17.0 Å². The second-order valence-electron chi connectivity index (χ2n) is 6.35. The lowest BCUT2D eigenvalue weighted by atomic mass is 9.92. The molecule has 1 amide bonds. The maximum Gasteiger partial charge on any atom is 0.227 e. The molecule has 0 spiro atoms. The van der Waals surface area contributed by atoms with Crippen molar-refractivity contribution in [3.63, 3.8) is 0 Å². The first-order valence-corrected chi connectivity index (χ1v) is 8.54. The molecule has 1 aromatic rings. The Hall–Kier alpha value is -2.18. The van der Waals surface area contributed by atoms with Crippen LogP contribution in [0.2, 0.25) is 0 Å². The molecule has 7 heteroatoms. The number of benzene rings is 1. The van der Waals surface area contributed by atoms with Crippen molar-refractivity contribution in [3.8, 4) is 0 Å². The monoisotopic (exact) mass is 354 g/mol. The second-order valence-corrected chi connectivity index (χ2v) is 6.35. The van der Waals surface area contributed by atoms with Gasteiger partial charge in [-0.2, -0.15) is 0 Å². The van der Waals surface area contributed by atoms with Gasteiger partial charge in [-0.25, -0.2) is 8.78 Å². The first-order valence-electron chi connectivity index (χ1n) is 8.54. The Bertz CT molecular complexity index is 603. The van der Waals surface area contributed by atoms with Crippen molar-refractivity contribution in [1.29, 1.82) is 0 Å². The first kappa shape index (κ1) is 20.9. The fourth-order valence-electron chi connectivity index (χ4n) is 2.14. The SMILES string of the molecule is CCNC(=O)C(C)(C)CN=C(NCC)NCCc1cc(F)ccc1F. The van der Waals surface area contributed by atoms with Gasteiger partial charge < -0.3 is 16.0 Å². The number of rotatable bonds is 8. The summed E-state index contributed by atoms with van der Waals surface area (Å²) in [7, 11) is 0. The van der Waals surface area contributed by atoms with Crippen LogP contribution in [0.15, 0.2) is 23.2 Å². The Labute approximate surface area is 148 Å². The van der Waals surface area contributed by atoms with Crippen LogP contribution >= 0.6 is 0 Å². The molecule has 25 heavy (non-hydrogen) atoms. The highest BCUT2D eigenvalue weighted by atomic mass is 19.1. The molecule has 140 valence electrons. The topological polar surface area (TPSA) is 65.5 Å². The van der Waals surface area contributed by atoms with E-state index in [0.717, 1.165) is 12.1 Å². The number of halogens is 2. The minimum Gasteiger partial charge on any atom is -0.357 e. The molecule has 0 aliphatic carbocycles. The maximum absolute atomic E-state index is 13.6. The summed E-state index contributed by atoms with van der Waals surface area (Å²) in [6.07, 6.45) is 0.327. The summed E-state index contributed by atoms with van der Waals surface area (Å²) in [5, 5.41) is 8.95. The minimum absolute atomic E-state index is 0.0589. The van der Waals surface area contributed by atoms with Crippen LogP contribution in [0.5, 0.6) is 0 Å². The van der Waals surface area contributed by atoms with Crippen molar-refractivity contribution in [2.45, 2.75) is 34.1 Å². The molecule has 0 aliphatic heterocycles. The number of carbonyl (C=O) groups is 1. The second kappa shape index (κ2) is 9.96. The summed E-state index contributed by atoms with van der Waals surface area (Å²) in [4.78, 5) is 16.4. The zero-order valence-electron chi connectivity index (χ0n) is 15.4. The summed E-state index contributed by atoms with van der Waals surface area (Å²) in [5.74, 6) is -0.406. The lowest BCUT2D eigenvalue weighted by molar-refractivity contribution is -0.128. The van der Waals surface area contributed by atoms with E-state index in [1.807, 2.05) is 27.7 Å². The molecule has 0 saturated heterocycles. The normalized spacial score (nSPS) is 12.0. The molecule has 1 rings (SSSR count). The molecule has 0 unspecified atom stereocenters. The molecule has 1 aromatic carbocycles. The van der Waals surface area contributed by atoms with Crippen LogP contribution in [0.25, 0.3) is 0 Å². The molecule has 0 radical (unpaired) electrons. The molecule has 0 aromatic heterocycles. The molecular weight excluding hydrogens is 326 g/mol. The molecule has 0 heterocycles. The van der Waals surface area contributed by atoms with Crippen molar-refractivity contribution in [2.24, 2.45) is 10.4 Å². The predicted molar refractivity (Wildman–Crippen MR) is 96.5 cm³/mol. The van der Waals surface area contributed by atoms with Crippen LogP contribution in [0.4, 0.5) is 8.78 Å². The smallest absolute Gasteiger partial charge is 0.227 e. The van der Waals surface area contributed by atoms with Gasteiger partial charge in [0.25, 0.3) is 0 Å². The highest BCUT2D eigenvalue weighted by Crippen LogP contribution is 2.15. The van der Waals surface area contributed by atoms with Gasteiger partial charge in [0.2, 0.25) is 5.91 Å². The van der Waals surface area contributed by atoms with E-state index in [0.29, 0.717) is 44.1 Å². The van der Waals surface area contributed by atoms with Crippen LogP contribution in [0, 0.1) is 17.0 Å². The average Bonchev–Trinajstić information content (AvgIpc) is 2.56. The van der Waals surface area contributed by atoms with Crippen LogP contribution in [0.3, 0.4) is 0 Å². The fourth-order valence-corrected chi connectivity index (χ4v) is 2.14. The molecule has 3 N–H and O–H groups in total. The molecule has 5 nitrogen and oxygen atoms in total. The molecule has 0 saturated carbocycles. The van der Waals surface area contributed by atoms with Crippen molar-refractivity contribution in [2.75, 3.05) is 26.2 Å². The van der Waals surface area contributed by atoms with Crippen molar-refractivity contribution < 1.29 is 13.6 Å².